The van der Waals surface area contributed by atoms with E-state index in [4.69, 9.17) is 36.9 Å². The number of phosphoric ester groups is 3. The molecule has 71 heavy (non-hydrogen) atoms. The van der Waals surface area contributed by atoms with Crippen LogP contribution in [-0.4, -0.2) is 157 Å². The van der Waals surface area contributed by atoms with E-state index in [2.05, 4.69) is 39.7 Å². The number of thioether (sulfide) groups is 2. The van der Waals surface area contributed by atoms with Gasteiger partial charge in [-0.2, -0.15) is 4.31 Å². The van der Waals surface area contributed by atoms with Crippen LogP contribution in [0.3, 0.4) is 0 Å². The van der Waals surface area contributed by atoms with Crippen LogP contribution < -0.4 is 27.4 Å². The normalized spacial score (nSPS) is 24.0. The predicted octanol–water partition coefficient (Wildman–Crippen LogP) is -0.785. The Labute approximate surface area is 415 Å². The van der Waals surface area contributed by atoms with Crippen molar-refractivity contribution in [3.8, 4) is 0 Å². The lowest BCUT2D eigenvalue weighted by Gasteiger charge is -2.49. The van der Waals surface area contributed by atoms with Crippen molar-refractivity contribution in [1.29, 1.82) is 0 Å². The van der Waals surface area contributed by atoms with Gasteiger partial charge < -0.3 is 61.9 Å². The van der Waals surface area contributed by atoms with Gasteiger partial charge in [0.2, 0.25) is 22.8 Å². The van der Waals surface area contributed by atoms with Crippen LogP contribution in [0.1, 0.15) is 38.1 Å². The van der Waals surface area contributed by atoms with E-state index < -0.39 is 119 Å². The zero-order valence-corrected chi connectivity index (χ0v) is 42.1. The van der Waals surface area contributed by atoms with E-state index in [0.717, 1.165) is 29.0 Å². The molecule has 8 unspecified atom stereocenters. The van der Waals surface area contributed by atoms with Crippen LogP contribution in [-0.2, 0) is 60.3 Å². The molecule has 2 saturated heterocycles. The molecule has 29 nitrogen and oxygen atoms in total. The van der Waals surface area contributed by atoms with Crippen molar-refractivity contribution in [3.05, 3.63) is 59.3 Å². The molecule has 10 atom stereocenters. The van der Waals surface area contributed by atoms with Gasteiger partial charge in [-0.1, -0.05) is 67.5 Å². The Balaban J connectivity index is 0.896. The highest BCUT2D eigenvalue weighted by Crippen LogP contribution is 2.61. The van der Waals surface area contributed by atoms with Gasteiger partial charge in [0.15, 0.2) is 17.7 Å². The number of nitrogen functional groups attached to an aromatic ring is 1. The van der Waals surface area contributed by atoms with Crippen LogP contribution in [0.25, 0.3) is 11.2 Å². The lowest BCUT2D eigenvalue weighted by Crippen LogP contribution is -2.70. The van der Waals surface area contributed by atoms with Gasteiger partial charge in [0.25, 0.3) is 5.91 Å². The van der Waals surface area contributed by atoms with Gasteiger partial charge in [0.1, 0.15) is 59.4 Å². The Bertz CT molecular complexity index is 2690. The van der Waals surface area contributed by atoms with E-state index >= 15 is 0 Å². The lowest BCUT2D eigenvalue weighted by atomic mass is 9.87. The van der Waals surface area contributed by atoms with Crippen LogP contribution in [0.15, 0.2) is 53.7 Å². The number of halogens is 1. The van der Waals surface area contributed by atoms with E-state index in [1.807, 2.05) is 0 Å². The fraction of sp³-hybridized carbons (Fsp3) is 0.500. The average molecular weight is 1120 g/mol. The molecule has 6 rings (SSSR count). The standard InChI is InChI=1S/C36H48ClN10O19P3S2/c1-36(2,14-63-69(60,61)66-68(58,59)62-12-19-26(65-67(55,56)57)25(49)33(64-19)46-16-44-22-28(39)42-15-43-29(22)46)27(50)31(52)41-9-8-20(48)40-10-11-70-35(54)24-18(37)13-71-34-23(32(53)47(24)34)45-30(51)21(38)17-6-4-3-5-7-17/h3-7,15-16,19,21,23,25-27,33-34,49-50H,8-14,38H2,1-2H3,(H,40,48)(H,41,52)(H,45,51)(H,58,59)(H,60,61)(H2,39,42,43)(H2,55,56,57)/t19?,21?,23-,25?,26?,27?,33?,34-/m1/s1. The minimum atomic E-state index is -5.62. The first-order valence-corrected chi connectivity index (χ1v) is 27.6. The third kappa shape index (κ3) is 14.0. The number of anilines is 1. The molecule has 0 bridgehead atoms. The highest BCUT2D eigenvalue weighted by Gasteiger charge is 2.54. The molecule has 4 amide bonds. The topological polar surface area (TPSA) is 439 Å². The van der Waals surface area contributed by atoms with Gasteiger partial charge in [0.05, 0.1) is 24.6 Å². The van der Waals surface area contributed by atoms with Gasteiger partial charge in [-0.25, -0.2) is 28.6 Å². The molecule has 390 valence electrons. The number of imidazole rings is 1. The number of aliphatic hydroxyl groups excluding tert-OH is 2. The quantitative estimate of drug-likeness (QED) is 0.0315. The highest BCUT2D eigenvalue weighted by atomic mass is 35.5. The molecule has 3 aromatic rings. The molecular weight excluding hydrogens is 1070 g/mol. The number of β-lactam (4-membered cyclic amide) rings is 1. The summed E-state index contributed by atoms with van der Waals surface area (Å²) in [5.74, 6) is -2.50. The number of amides is 4. The summed E-state index contributed by atoms with van der Waals surface area (Å²) in [6.45, 7) is 0.0190. The number of nitrogens with zero attached hydrogens (tertiary/aromatic N) is 5. The van der Waals surface area contributed by atoms with Crippen molar-refractivity contribution in [1.82, 2.24) is 40.4 Å². The summed E-state index contributed by atoms with van der Waals surface area (Å²) in [5.41, 5.74) is 10.8. The first kappa shape index (κ1) is 56.4. The smallest absolute Gasteiger partial charge is 0.386 e. The van der Waals surface area contributed by atoms with Crippen LogP contribution in [0.5, 0.6) is 0 Å². The van der Waals surface area contributed by atoms with Crippen molar-refractivity contribution in [2.45, 2.75) is 68.4 Å². The van der Waals surface area contributed by atoms with Crippen molar-refractivity contribution >= 4 is 104 Å². The van der Waals surface area contributed by atoms with E-state index in [1.165, 1.54) is 30.5 Å². The molecule has 2 fully saturated rings. The third-order valence-electron chi connectivity index (χ3n) is 10.6. The summed E-state index contributed by atoms with van der Waals surface area (Å²) < 4.78 is 62.5. The summed E-state index contributed by atoms with van der Waals surface area (Å²) in [6, 6.07) is 6.63. The van der Waals surface area contributed by atoms with Gasteiger partial charge in [-0.3, -0.25) is 47.0 Å². The Morgan fingerprint density at radius 1 is 1.03 bits per heavy atom. The fourth-order valence-corrected chi connectivity index (χ4v) is 12.2. The van der Waals surface area contributed by atoms with Crippen molar-refractivity contribution in [2.24, 2.45) is 11.1 Å². The molecule has 3 aliphatic heterocycles. The van der Waals surface area contributed by atoms with Gasteiger partial charge in [-0.05, 0) is 5.56 Å². The Morgan fingerprint density at radius 2 is 1.72 bits per heavy atom. The summed E-state index contributed by atoms with van der Waals surface area (Å²) >= 11 is 8.41. The zero-order valence-electron chi connectivity index (χ0n) is 37.0. The van der Waals surface area contributed by atoms with E-state index in [0.29, 0.717) is 5.56 Å². The molecule has 1 aromatic carbocycles. The highest BCUT2D eigenvalue weighted by molar-refractivity contribution is 8.14. The number of nitrogens with one attached hydrogen (secondary N) is 3. The van der Waals surface area contributed by atoms with Crippen molar-refractivity contribution < 1.29 is 90.1 Å². The van der Waals surface area contributed by atoms with Crippen molar-refractivity contribution in [3.63, 3.8) is 0 Å². The van der Waals surface area contributed by atoms with Gasteiger partial charge in [0, 0.05) is 36.4 Å². The lowest BCUT2D eigenvalue weighted by molar-refractivity contribution is -0.147. The number of rotatable bonds is 23. The Kier molecular flexibility index (Phi) is 18.3. The zero-order chi connectivity index (χ0) is 52.2. The number of benzene rings is 1. The second-order valence-electron chi connectivity index (χ2n) is 16.2. The molecule has 13 N–H and O–H groups in total. The van der Waals surface area contributed by atoms with Crippen molar-refractivity contribution in [2.75, 3.05) is 43.5 Å². The average Bonchev–Trinajstić information content (AvgIpc) is 3.87. The molecule has 3 aliphatic rings. The fourth-order valence-electron chi connectivity index (χ4n) is 6.97. The first-order valence-electron chi connectivity index (χ1n) is 20.7. The Morgan fingerprint density at radius 3 is 2.41 bits per heavy atom. The van der Waals surface area contributed by atoms with Crippen LogP contribution in [0.2, 0.25) is 0 Å². The molecule has 0 aliphatic carbocycles. The molecule has 0 spiro atoms. The summed E-state index contributed by atoms with van der Waals surface area (Å²) in [7, 11) is -16.5. The molecule has 35 heteroatoms. The minimum absolute atomic E-state index is 0.0118. The summed E-state index contributed by atoms with van der Waals surface area (Å²) in [6.07, 6.45) is -7.25. The molecule has 0 saturated carbocycles. The number of hydrogen-bond donors (Lipinski definition) is 11. The number of aromatic nitrogens is 4. The maximum absolute atomic E-state index is 13.2. The largest absolute Gasteiger partial charge is 0.481 e. The molecule has 5 heterocycles. The monoisotopic (exact) mass is 1120 g/mol. The summed E-state index contributed by atoms with van der Waals surface area (Å²) in [5, 5.41) is 28.2. The van der Waals surface area contributed by atoms with Crippen LogP contribution in [0, 0.1) is 5.41 Å². The number of hydrogen-bond acceptors (Lipinski definition) is 22. The van der Waals surface area contributed by atoms with E-state index in [1.54, 1.807) is 30.3 Å². The maximum atomic E-state index is 13.2. The number of carbonyl (C=O) groups excluding carboxylic acids is 5. The van der Waals surface area contributed by atoms with Crippen LogP contribution in [0.4, 0.5) is 5.82 Å². The number of nitrogens with two attached hydrogens (primary N) is 2. The van der Waals surface area contributed by atoms with E-state index in [9.17, 15) is 67.5 Å². The van der Waals surface area contributed by atoms with Gasteiger partial charge >= 0.3 is 23.5 Å². The SMILES string of the molecule is CC(C)(COP(=O)(O)OP(=O)(O)OCC1OC(n2cnc3c(N)ncnc32)C(O)C1OP(=O)(O)O)C(O)C(=O)NCCC(=O)NCCSC(=O)C1=C(Cl)CS[C@@H]2[C@H](NC(=O)C(N)c3ccccc3)C(=O)N12. The molecular formula is C36H48ClN10O19P3S2. The third-order valence-corrected chi connectivity index (χ3v) is 16.3. The number of aliphatic hydroxyl groups is 2. The predicted molar refractivity (Wildman–Crippen MR) is 248 cm³/mol. The number of ether oxygens (including phenoxy) is 1. The second-order valence-corrected chi connectivity index (χ2v) is 23.1. The Hall–Kier alpha value is -3.94. The summed E-state index contributed by atoms with van der Waals surface area (Å²) in [4.78, 5) is 117. The van der Waals surface area contributed by atoms with E-state index in [-0.39, 0.29) is 58.7 Å². The van der Waals surface area contributed by atoms with Gasteiger partial charge in [-0.15, -0.1) is 11.8 Å². The maximum Gasteiger partial charge on any atom is 0.481 e. The number of carbonyl (C=O) groups is 5. The minimum Gasteiger partial charge on any atom is -0.386 e. The number of phosphoric acid groups is 3. The molecule has 2 aromatic heterocycles. The molecule has 0 radical (unpaired) electrons. The second kappa shape index (κ2) is 23.1. The van der Waals surface area contributed by atoms with Crippen LogP contribution >= 0.6 is 58.6 Å². The number of fused-ring (bicyclic) bond motifs is 2. The first-order chi connectivity index (χ1) is 33.2.